The first kappa shape index (κ1) is 12.4. The number of benzene rings is 1. The Kier molecular flexibility index (Phi) is 3.52. The molecule has 0 N–H and O–H groups in total. The van der Waals surface area contributed by atoms with E-state index in [1.54, 1.807) is 6.92 Å². The van der Waals surface area contributed by atoms with Crippen LogP contribution in [0.5, 0.6) is 0 Å². The molecule has 1 saturated heterocycles. The van der Waals surface area contributed by atoms with Crippen LogP contribution in [0.4, 0.5) is 5.69 Å². The quantitative estimate of drug-likeness (QED) is 0.751. The molecule has 0 spiro atoms. The van der Waals surface area contributed by atoms with Crippen LogP contribution in [0.2, 0.25) is 0 Å². The SMILES string of the molecule is CC(=O)N1CCN(c2cc(C)ccc2C#N)CC1. The molecule has 1 aliphatic heterocycles. The summed E-state index contributed by atoms with van der Waals surface area (Å²) >= 11 is 0. The lowest BCUT2D eigenvalue weighted by molar-refractivity contribution is -0.129. The highest BCUT2D eigenvalue weighted by Gasteiger charge is 2.20. The Labute approximate surface area is 107 Å². The van der Waals surface area contributed by atoms with Crippen molar-refractivity contribution in [3.05, 3.63) is 29.3 Å². The zero-order chi connectivity index (χ0) is 13.1. The monoisotopic (exact) mass is 243 g/mol. The van der Waals surface area contributed by atoms with E-state index in [2.05, 4.69) is 11.0 Å². The van der Waals surface area contributed by atoms with Gasteiger partial charge in [0.2, 0.25) is 5.91 Å². The number of rotatable bonds is 1. The summed E-state index contributed by atoms with van der Waals surface area (Å²) in [5.74, 6) is 0.124. The molecule has 18 heavy (non-hydrogen) atoms. The van der Waals surface area contributed by atoms with Crippen LogP contribution in [-0.4, -0.2) is 37.0 Å². The Bertz CT molecular complexity index is 496. The molecule has 1 amide bonds. The summed E-state index contributed by atoms with van der Waals surface area (Å²) in [6, 6.07) is 8.09. The zero-order valence-electron chi connectivity index (χ0n) is 10.8. The molecular weight excluding hydrogens is 226 g/mol. The molecule has 4 heteroatoms. The maximum Gasteiger partial charge on any atom is 0.219 e. The van der Waals surface area contributed by atoms with Gasteiger partial charge in [0.1, 0.15) is 6.07 Å². The van der Waals surface area contributed by atoms with Gasteiger partial charge in [0.25, 0.3) is 0 Å². The molecule has 1 heterocycles. The number of nitriles is 1. The van der Waals surface area contributed by atoms with Gasteiger partial charge >= 0.3 is 0 Å². The Morgan fingerprint density at radius 2 is 1.94 bits per heavy atom. The third-order valence-electron chi connectivity index (χ3n) is 3.34. The Balaban J connectivity index is 2.17. The highest BCUT2D eigenvalue weighted by molar-refractivity contribution is 5.73. The standard InChI is InChI=1S/C14H17N3O/c1-11-3-4-13(10-15)14(9-11)17-7-5-16(6-8-17)12(2)18/h3-4,9H,5-8H2,1-2H3. The topological polar surface area (TPSA) is 47.3 Å². The van der Waals surface area contributed by atoms with Gasteiger partial charge in [-0.25, -0.2) is 0 Å². The number of carbonyl (C=O) groups excluding carboxylic acids is 1. The van der Waals surface area contributed by atoms with E-state index in [9.17, 15) is 4.79 Å². The second-order valence-corrected chi connectivity index (χ2v) is 4.63. The second kappa shape index (κ2) is 5.09. The van der Waals surface area contributed by atoms with E-state index in [-0.39, 0.29) is 5.91 Å². The van der Waals surface area contributed by atoms with Crippen molar-refractivity contribution < 1.29 is 4.79 Å². The molecule has 1 fully saturated rings. The predicted molar refractivity (Wildman–Crippen MR) is 70.4 cm³/mol. The van der Waals surface area contributed by atoms with Crippen molar-refractivity contribution in [2.45, 2.75) is 13.8 Å². The molecule has 0 saturated carbocycles. The Morgan fingerprint density at radius 1 is 1.28 bits per heavy atom. The normalized spacial score (nSPS) is 15.4. The summed E-state index contributed by atoms with van der Waals surface area (Å²) in [7, 11) is 0. The molecule has 0 radical (unpaired) electrons. The summed E-state index contributed by atoms with van der Waals surface area (Å²) in [5.41, 5.74) is 2.84. The Hall–Kier alpha value is -2.02. The number of carbonyl (C=O) groups is 1. The van der Waals surface area contributed by atoms with E-state index in [0.717, 1.165) is 37.4 Å². The summed E-state index contributed by atoms with van der Waals surface area (Å²) in [5, 5.41) is 9.14. The molecule has 1 aliphatic rings. The van der Waals surface area contributed by atoms with Crippen LogP contribution in [0.1, 0.15) is 18.1 Å². The summed E-state index contributed by atoms with van der Waals surface area (Å²) < 4.78 is 0. The molecule has 2 rings (SSSR count). The van der Waals surface area contributed by atoms with Gasteiger partial charge < -0.3 is 9.80 Å². The maximum absolute atomic E-state index is 11.3. The van der Waals surface area contributed by atoms with Gasteiger partial charge in [-0.1, -0.05) is 6.07 Å². The van der Waals surface area contributed by atoms with Crippen LogP contribution < -0.4 is 4.90 Å². The summed E-state index contributed by atoms with van der Waals surface area (Å²) in [4.78, 5) is 15.3. The van der Waals surface area contributed by atoms with Crippen molar-refractivity contribution >= 4 is 11.6 Å². The van der Waals surface area contributed by atoms with Gasteiger partial charge in [-0.15, -0.1) is 0 Å². The van der Waals surface area contributed by atoms with Gasteiger partial charge in [0.15, 0.2) is 0 Å². The number of aryl methyl sites for hydroxylation is 1. The van der Waals surface area contributed by atoms with Crippen molar-refractivity contribution in [3.8, 4) is 6.07 Å². The minimum atomic E-state index is 0.124. The zero-order valence-corrected chi connectivity index (χ0v) is 10.8. The van der Waals surface area contributed by atoms with E-state index in [4.69, 9.17) is 5.26 Å². The lowest BCUT2D eigenvalue weighted by Gasteiger charge is -2.36. The lowest BCUT2D eigenvalue weighted by Crippen LogP contribution is -2.48. The molecule has 4 nitrogen and oxygen atoms in total. The van der Waals surface area contributed by atoms with Crippen molar-refractivity contribution in [1.82, 2.24) is 4.90 Å². The van der Waals surface area contributed by atoms with Crippen LogP contribution in [0, 0.1) is 18.3 Å². The number of anilines is 1. The molecule has 0 aliphatic carbocycles. The minimum absolute atomic E-state index is 0.124. The van der Waals surface area contributed by atoms with Crippen molar-refractivity contribution in [2.24, 2.45) is 0 Å². The van der Waals surface area contributed by atoms with Crippen LogP contribution in [0.25, 0.3) is 0 Å². The fourth-order valence-corrected chi connectivity index (χ4v) is 2.26. The van der Waals surface area contributed by atoms with E-state index in [1.807, 2.05) is 30.0 Å². The number of piperazine rings is 1. The van der Waals surface area contributed by atoms with Gasteiger partial charge in [-0.05, 0) is 24.6 Å². The first-order chi connectivity index (χ1) is 8.61. The summed E-state index contributed by atoms with van der Waals surface area (Å²) in [6.07, 6.45) is 0. The van der Waals surface area contributed by atoms with Gasteiger partial charge in [0.05, 0.1) is 11.3 Å². The van der Waals surface area contributed by atoms with E-state index < -0.39 is 0 Å². The summed E-state index contributed by atoms with van der Waals surface area (Å²) in [6.45, 7) is 6.66. The predicted octanol–water partition coefficient (Wildman–Crippen LogP) is 1.54. The fraction of sp³-hybridized carbons (Fsp3) is 0.429. The largest absolute Gasteiger partial charge is 0.367 e. The smallest absolute Gasteiger partial charge is 0.219 e. The van der Waals surface area contributed by atoms with Crippen molar-refractivity contribution in [1.29, 1.82) is 5.26 Å². The van der Waals surface area contributed by atoms with E-state index in [1.165, 1.54) is 0 Å². The molecule has 0 aromatic heterocycles. The number of hydrogen-bond acceptors (Lipinski definition) is 3. The highest BCUT2D eigenvalue weighted by atomic mass is 16.2. The molecule has 94 valence electrons. The van der Waals surface area contributed by atoms with E-state index in [0.29, 0.717) is 5.56 Å². The second-order valence-electron chi connectivity index (χ2n) is 4.63. The highest BCUT2D eigenvalue weighted by Crippen LogP contribution is 2.22. The number of nitrogens with zero attached hydrogens (tertiary/aromatic N) is 3. The van der Waals surface area contributed by atoms with Crippen LogP contribution in [0.3, 0.4) is 0 Å². The lowest BCUT2D eigenvalue weighted by atomic mass is 10.1. The van der Waals surface area contributed by atoms with Crippen molar-refractivity contribution in [2.75, 3.05) is 31.1 Å². The molecule has 1 aromatic carbocycles. The molecule has 1 aromatic rings. The van der Waals surface area contributed by atoms with E-state index >= 15 is 0 Å². The van der Waals surface area contributed by atoms with Crippen LogP contribution in [-0.2, 0) is 4.79 Å². The number of hydrogen-bond donors (Lipinski definition) is 0. The van der Waals surface area contributed by atoms with Crippen LogP contribution in [0.15, 0.2) is 18.2 Å². The first-order valence-corrected chi connectivity index (χ1v) is 6.13. The average Bonchev–Trinajstić information content (AvgIpc) is 2.39. The van der Waals surface area contributed by atoms with Gasteiger partial charge in [-0.3, -0.25) is 4.79 Å². The fourth-order valence-electron chi connectivity index (χ4n) is 2.26. The van der Waals surface area contributed by atoms with Crippen molar-refractivity contribution in [3.63, 3.8) is 0 Å². The van der Waals surface area contributed by atoms with Crippen LogP contribution >= 0.6 is 0 Å². The number of amides is 1. The van der Waals surface area contributed by atoms with Gasteiger partial charge in [-0.2, -0.15) is 5.26 Å². The third kappa shape index (κ3) is 2.45. The first-order valence-electron chi connectivity index (χ1n) is 6.13. The average molecular weight is 243 g/mol. The molecule has 0 atom stereocenters. The molecular formula is C14H17N3O. The molecule has 0 bridgehead atoms. The van der Waals surface area contributed by atoms with Gasteiger partial charge in [0, 0.05) is 33.1 Å². The molecule has 0 unspecified atom stereocenters. The third-order valence-corrected chi connectivity index (χ3v) is 3.34. The minimum Gasteiger partial charge on any atom is -0.367 e. The maximum atomic E-state index is 11.3. The Morgan fingerprint density at radius 3 is 2.50 bits per heavy atom.